The van der Waals surface area contributed by atoms with Gasteiger partial charge in [-0.25, -0.2) is 9.97 Å². The fourth-order valence-corrected chi connectivity index (χ4v) is 2.32. The van der Waals surface area contributed by atoms with E-state index in [0.29, 0.717) is 12.6 Å². The van der Waals surface area contributed by atoms with E-state index in [-0.39, 0.29) is 6.10 Å². The monoisotopic (exact) mass is 294 g/mol. The molecule has 2 rings (SSSR count). The summed E-state index contributed by atoms with van der Waals surface area (Å²) in [6, 6.07) is 0.528. The number of hydrogen-bond acceptors (Lipinski definition) is 6. The van der Waals surface area contributed by atoms with Crippen LogP contribution in [0.5, 0.6) is 0 Å². The number of rotatable bonds is 7. The second-order valence-electron chi connectivity index (χ2n) is 5.57. The van der Waals surface area contributed by atoms with Crippen LogP contribution in [0.3, 0.4) is 0 Å². The van der Waals surface area contributed by atoms with Gasteiger partial charge >= 0.3 is 0 Å². The standard InChI is InChI=1S/C15H26N4O2/c1-12(2)19-5-7-21-14(11-19)15-17-9-13(10-18-15)8-16-4-6-20-3/h9-10,12,14,16H,4-8,11H2,1-3H3. The minimum atomic E-state index is -0.0170. The van der Waals surface area contributed by atoms with Gasteiger partial charge in [0.1, 0.15) is 6.10 Å². The number of aromatic nitrogens is 2. The van der Waals surface area contributed by atoms with E-state index in [1.54, 1.807) is 7.11 Å². The molecule has 0 saturated carbocycles. The summed E-state index contributed by atoms with van der Waals surface area (Å²) in [5, 5.41) is 3.28. The minimum Gasteiger partial charge on any atom is -0.383 e. The summed E-state index contributed by atoms with van der Waals surface area (Å²) in [5.74, 6) is 0.779. The summed E-state index contributed by atoms with van der Waals surface area (Å²) < 4.78 is 10.8. The Morgan fingerprint density at radius 3 is 2.86 bits per heavy atom. The molecule has 1 aromatic rings. The van der Waals surface area contributed by atoms with Crippen molar-refractivity contribution in [2.45, 2.75) is 32.5 Å². The third kappa shape index (κ3) is 5.00. The van der Waals surface area contributed by atoms with E-state index in [1.165, 1.54) is 0 Å². The Labute approximate surface area is 126 Å². The Hall–Kier alpha value is -1.08. The Balaban J connectivity index is 1.86. The van der Waals surface area contributed by atoms with Gasteiger partial charge in [-0.1, -0.05) is 0 Å². The zero-order chi connectivity index (χ0) is 15.1. The summed E-state index contributed by atoms with van der Waals surface area (Å²) in [7, 11) is 1.70. The second kappa shape index (κ2) is 8.38. The van der Waals surface area contributed by atoms with Gasteiger partial charge in [-0.3, -0.25) is 4.90 Å². The number of methoxy groups -OCH3 is 1. The summed E-state index contributed by atoms with van der Waals surface area (Å²) in [4.78, 5) is 11.3. The molecule has 0 aromatic carbocycles. The van der Waals surface area contributed by atoms with Crippen LogP contribution < -0.4 is 5.32 Å². The van der Waals surface area contributed by atoms with Crippen molar-refractivity contribution in [2.24, 2.45) is 0 Å². The van der Waals surface area contributed by atoms with E-state index < -0.39 is 0 Å². The molecule has 1 unspecified atom stereocenters. The van der Waals surface area contributed by atoms with Crippen LogP contribution in [0.2, 0.25) is 0 Å². The number of ether oxygens (including phenoxy) is 2. The molecule has 118 valence electrons. The van der Waals surface area contributed by atoms with Crippen molar-refractivity contribution in [1.82, 2.24) is 20.2 Å². The molecule has 0 bridgehead atoms. The maximum absolute atomic E-state index is 5.80. The maximum atomic E-state index is 5.80. The molecule has 1 fully saturated rings. The van der Waals surface area contributed by atoms with Crippen LogP contribution in [0.4, 0.5) is 0 Å². The molecule has 0 aliphatic carbocycles. The normalized spacial score (nSPS) is 20.1. The highest BCUT2D eigenvalue weighted by Gasteiger charge is 2.25. The van der Waals surface area contributed by atoms with Crippen molar-refractivity contribution in [1.29, 1.82) is 0 Å². The SMILES string of the molecule is COCCNCc1cnc(C2CN(C(C)C)CCO2)nc1. The Morgan fingerprint density at radius 1 is 1.43 bits per heavy atom. The lowest BCUT2D eigenvalue weighted by Gasteiger charge is -2.34. The van der Waals surface area contributed by atoms with Gasteiger partial charge in [0.2, 0.25) is 0 Å². The van der Waals surface area contributed by atoms with Crippen LogP contribution in [0.25, 0.3) is 0 Å². The minimum absolute atomic E-state index is 0.0170. The summed E-state index contributed by atoms with van der Waals surface area (Å²) in [6.07, 6.45) is 3.73. The first kappa shape index (κ1) is 16.3. The number of nitrogens with zero attached hydrogens (tertiary/aromatic N) is 3. The molecular weight excluding hydrogens is 268 g/mol. The predicted molar refractivity (Wildman–Crippen MR) is 81.0 cm³/mol. The van der Waals surface area contributed by atoms with Crippen LogP contribution in [0.15, 0.2) is 12.4 Å². The molecule has 1 aliphatic heterocycles. The largest absolute Gasteiger partial charge is 0.383 e. The second-order valence-corrected chi connectivity index (χ2v) is 5.57. The lowest BCUT2D eigenvalue weighted by molar-refractivity contribution is -0.0443. The van der Waals surface area contributed by atoms with E-state index in [0.717, 1.165) is 44.2 Å². The van der Waals surface area contributed by atoms with Crippen LogP contribution in [0, 0.1) is 0 Å². The first-order chi connectivity index (χ1) is 10.2. The molecule has 6 heteroatoms. The van der Waals surface area contributed by atoms with Gasteiger partial charge in [0.05, 0.1) is 13.2 Å². The van der Waals surface area contributed by atoms with Gasteiger partial charge in [-0.05, 0) is 13.8 Å². The van der Waals surface area contributed by atoms with Crippen molar-refractivity contribution < 1.29 is 9.47 Å². The van der Waals surface area contributed by atoms with Crippen molar-refractivity contribution >= 4 is 0 Å². The average Bonchev–Trinajstić information content (AvgIpc) is 2.52. The Morgan fingerprint density at radius 2 is 2.19 bits per heavy atom. The molecule has 6 nitrogen and oxygen atoms in total. The average molecular weight is 294 g/mol. The smallest absolute Gasteiger partial charge is 0.158 e. The van der Waals surface area contributed by atoms with E-state index in [2.05, 4.69) is 34.0 Å². The zero-order valence-electron chi connectivity index (χ0n) is 13.2. The van der Waals surface area contributed by atoms with Crippen molar-refractivity contribution in [2.75, 3.05) is 40.0 Å². The first-order valence-electron chi connectivity index (χ1n) is 7.57. The molecular formula is C15H26N4O2. The molecule has 1 saturated heterocycles. The Bertz CT molecular complexity index is 411. The summed E-state index contributed by atoms with van der Waals surface area (Å²) in [6.45, 7) is 9.29. The molecule has 0 amide bonds. The molecule has 2 heterocycles. The quantitative estimate of drug-likeness (QED) is 0.757. The molecule has 0 radical (unpaired) electrons. The van der Waals surface area contributed by atoms with Crippen LogP contribution in [0.1, 0.15) is 31.3 Å². The molecule has 1 N–H and O–H groups in total. The van der Waals surface area contributed by atoms with Crippen molar-refractivity contribution in [3.8, 4) is 0 Å². The van der Waals surface area contributed by atoms with Gasteiger partial charge in [0.15, 0.2) is 5.82 Å². The van der Waals surface area contributed by atoms with Crippen LogP contribution in [-0.2, 0) is 16.0 Å². The molecule has 0 spiro atoms. The first-order valence-corrected chi connectivity index (χ1v) is 7.57. The lowest BCUT2D eigenvalue weighted by Crippen LogP contribution is -2.42. The molecule has 1 aromatic heterocycles. The van der Waals surface area contributed by atoms with Gasteiger partial charge in [0, 0.05) is 57.3 Å². The van der Waals surface area contributed by atoms with Crippen LogP contribution >= 0.6 is 0 Å². The van der Waals surface area contributed by atoms with Gasteiger partial charge in [-0.2, -0.15) is 0 Å². The number of hydrogen-bond donors (Lipinski definition) is 1. The fourth-order valence-electron chi connectivity index (χ4n) is 2.32. The molecule has 21 heavy (non-hydrogen) atoms. The predicted octanol–water partition coefficient (Wildman–Crippen LogP) is 0.994. The third-order valence-corrected chi connectivity index (χ3v) is 3.65. The van der Waals surface area contributed by atoms with Crippen molar-refractivity contribution in [3.63, 3.8) is 0 Å². The number of nitrogens with one attached hydrogen (secondary N) is 1. The topological polar surface area (TPSA) is 59.5 Å². The maximum Gasteiger partial charge on any atom is 0.158 e. The summed E-state index contributed by atoms with van der Waals surface area (Å²) >= 11 is 0. The fraction of sp³-hybridized carbons (Fsp3) is 0.733. The third-order valence-electron chi connectivity index (χ3n) is 3.65. The molecule has 1 aliphatic rings. The van der Waals surface area contributed by atoms with E-state index in [9.17, 15) is 0 Å². The number of morpholine rings is 1. The van der Waals surface area contributed by atoms with Crippen molar-refractivity contribution in [3.05, 3.63) is 23.8 Å². The van der Waals surface area contributed by atoms with E-state index in [4.69, 9.17) is 9.47 Å². The van der Waals surface area contributed by atoms with E-state index >= 15 is 0 Å². The van der Waals surface area contributed by atoms with Gasteiger partial charge in [-0.15, -0.1) is 0 Å². The lowest BCUT2D eigenvalue weighted by atomic mass is 10.2. The highest BCUT2D eigenvalue weighted by atomic mass is 16.5. The van der Waals surface area contributed by atoms with Crippen LogP contribution in [-0.4, -0.2) is 60.9 Å². The van der Waals surface area contributed by atoms with Gasteiger partial charge < -0.3 is 14.8 Å². The highest BCUT2D eigenvalue weighted by Crippen LogP contribution is 2.20. The van der Waals surface area contributed by atoms with Gasteiger partial charge in [0.25, 0.3) is 0 Å². The summed E-state index contributed by atoms with van der Waals surface area (Å²) in [5.41, 5.74) is 1.08. The highest BCUT2D eigenvalue weighted by molar-refractivity contribution is 5.07. The molecule has 1 atom stereocenters. The Kier molecular flexibility index (Phi) is 6.50. The van der Waals surface area contributed by atoms with E-state index in [1.807, 2.05) is 12.4 Å². The zero-order valence-corrected chi connectivity index (χ0v) is 13.2.